The van der Waals surface area contributed by atoms with E-state index in [-0.39, 0.29) is 11.3 Å². The summed E-state index contributed by atoms with van der Waals surface area (Å²) in [6, 6.07) is 5.82. The Balaban J connectivity index is 1.31. The van der Waals surface area contributed by atoms with Crippen molar-refractivity contribution in [2.24, 2.45) is 11.3 Å². The van der Waals surface area contributed by atoms with Crippen LogP contribution in [0.2, 0.25) is 0 Å². The summed E-state index contributed by atoms with van der Waals surface area (Å²) >= 11 is 0. The van der Waals surface area contributed by atoms with Crippen LogP contribution in [-0.4, -0.2) is 66.2 Å². The number of rotatable bonds is 3. The number of piperidine rings is 1. The monoisotopic (exact) mass is 411 g/mol. The number of benzene rings is 1. The first-order valence-electron chi connectivity index (χ1n) is 10.9. The molecule has 1 spiro atoms. The van der Waals surface area contributed by atoms with Crippen molar-refractivity contribution in [2.75, 3.05) is 33.3 Å². The van der Waals surface area contributed by atoms with Gasteiger partial charge in [-0.05, 0) is 67.0 Å². The van der Waals surface area contributed by atoms with E-state index < -0.39 is 17.9 Å². The lowest BCUT2D eigenvalue weighted by Crippen LogP contribution is -2.59. The summed E-state index contributed by atoms with van der Waals surface area (Å²) < 4.78 is 5.60. The number of likely N-dealkylation sites (N-methyl/N-ethyl adjacent to an activating group) is 1. The number of hydrogen-bond donors (Lipinski definition) is 2. The fourth-order valence-electron chi connectivity index (χ4n) is 5.50. The van der Waals surface area contributed by atoms with Crippen LogP contribution in [0.3, 0.4) is 0 Å². The third kappa shape index (κ3) is 3.40. The molecule has 5 rings (SSSR count). The van der Waals surface area contributed by atoms with E-state index in [0.29, 0.717) is 19.5 Å². The van der Waals surface area contributed by atoms with Crippen LogP contribution in [0, 0.1) is 11.3 Å². The highest BCUT2D eigenvalue weighted by Crippen LogP contribution is 2.54. The van der Waals surface area contributed by atoms with Gasteiger partial charge in [-0.3, -0.25) is 19.7 Å². The molecule has 1 aromatic rings. The van der Waals surface area contributed by atoms with Crippen LogP contribution in [0.15, 0.2) is 24.3 Å². The van der Waals surface area contributed by atoms with Crippen LogP contribution in [0.4, 0.5) is 0 Å². The molecule has 2 amide bonds. The lowest BCUT2D eigenvalue weighted by Gasteiger charge is -2.43. The highest BCUT2D eigenvalue weighted by Gasteiger charge is 2.55. The number of amides is 2. The predicted octanol–water partition coefficient (Wildman–Crippen LogP) is 1.84. The molecule has 0 radical (unpaired) electrons. The molecule has 2 fully saturated rings. The van der Waals surface area contributed by atoms with E-state index in [9.17, 15) is 14.8 Å². The van der Waals surface area contributed by atoms with Gasteiger partial charge in [-0.1, -0.05) is 12.1 Å². The van der Waals surface area contributed by atoms with Gasteiger partial charge in [0.25, 0.3) is 0 Å². The molecule has 2 unspecified atom stereocenters. The molecule has 1 aliphatic carbocycles. The van der Waals surface area contributed by atoms with E-state index in [1.807, 2.05) is 22.9 Å². The second kappa shape index (κ2) is 7.39. The minimum atomic E-state index is -0.518. The summed E-state index contributed by atoms with van der Waals surface area (Å²) in [7, 11) is 1.93. The fraction of sp³-hybridized carbons (Fsp3) is 0.565. The topological polar surface area (TPSA) is 82.1 Å². The molecule has 7 nitrogen and oxygen atoms in total. The van der Waals surface area contributed by atoms with Crippen LogP contribution < -0.4 is 10.2 Å². The maximum absolute atomic E-state index is 13.4. The first kappa shape index (κ1) is 19.6. The zero-order chi connectivity index (χ0) is 20.9. The Morgan fingerprint density at radius 2 is 2.10 bits per heavy atom. The Morgan fingerprint density at radius 1 is 1.27 bits per heavy atom. The number of fused-ring (bicyclic) bond motifs is 1. The average Bonchev–Trinajstić information content (AvgIpc) is 3.33. The van der Waals surface area contributed by atoms with Crippen molar-refractivity contribution < 1.29 is 19.5 Å². The van der Waals surface area contributed by atoms with Crippen molar-refractivity contribution >= 4 is 17.4 Å². The number of nitrogens with one attached hydrogen (secondary N) is 1. The van der Waals surface area contributed by atoms with Crippen molar-refractivity contribution in [3.05, 3.63) is 35.4 Å². The molecule has 3 heterocycles. The van der Waals surface area contributed by atoms with Crippen LogP contribution in [0.25, 0.3) is 5.57 Å². The van der Waals surface area contributed by atoms with Gasteiger partial charge in [-0.15, -0.1) is 0 Å². The molecule has 2 atom stereocenters. The van der Waals surface area contributed by atoms with Gasteiger partial charge < -0.3 is 9.64 Å². The van der Waals surface area contributed by atoms with Crippen molar-refractivity contribution in [1.29, 1.82) is 0 Å². The Hall–Kier alpha value is -2.38. The molecule has 1 aromatic carbocycles. The second-order valence-corrected chi connectivity index (χ2v) is 9.33. The van der Waals surface area contributed by atoms with E-state index in [4.69, 9.17) is 4.74 Å². The van der Waals surface area contributed by atoms with Crippen LogP contribution in [0.1, 0.15) is 36.8 Å². The number of likely N-dealkylation sites (tertiary alicyclic amines) is 1. The van der Waals surface area contributed by atoms with Crippen LogP contribution >= 0.6 is 0 Å². The molecule has 2 N–H and O–H groups in total. The normalized spacial score (nSPS) is 27.3. The molecular weight excluding hydrogens is 382 g/mol. The molecule has 0 bridgehead atoms. The average molecular weight is 412 g/mol. The standard InChI is InChI=1S/C23H29N3O4/c1-25-14-23(7-8-23)13-18(21(27)24-29)20(25)22(28)26-9-4-15(5-10-26)16-2-3-19-17(12-16)6-11-30-19/h2-4,12,18,20,29H,5-11,13-14H2,1H3,(H,24,27). The van der Waals surface area contributed by atoms with Crippen LogP contribution in [0.5, 0.6) is 5.75 Å². The maximum Gasteiger partial charge on any atom is 0.248 e. The van der Waals surface area contributed by atoms with Gasteiger partial charge in [0.2, 0.25) is 11.8 Å². The Bertz CT molecular complexity index is 908. The molecule has 3 aliphatic heterocycles. The summed E-state index contributed by atoms with van der Waals surface area (Å²) in [4.78, 5) is 29.7. The zero-order valence-corrected chi connectivity index (χ0v) is 17.4. The third-order valence-electron chi connectivity index (χ3n) is 7.33. The van der Waals surface area contributed by atoms with Crippen molar-refractivity contribution in [2.45, 2.75) is 38.1 Å². The number of nitrogens with zero attached hydrogens (tertiary/aromatic N) is 2. The minimum Gasteiger partial charge on any atom is -0.493 e. The third-order valence-corrected chi connectivity index (χ3v) is 7.33. The van der Waals surface area contributed by atoms with E-state index in [1.165, 1.54) is 16.7 Å². The van der Waals surface area contributed by atoms with Gasteiger partial charge in [0.1, 0.15) is 11.8 Å². The lowest BCUT2D eigenvalue weighted by atomic mass is 9.80. The summed E-state index contributed by atoms with van der Waals surface area (Å²) in [6.07, 6.45) is 6.73. The van der Waals surface area contributed by atoms with Crippen LogP contribution in [-0.2, 0) is 16.0 Å². The molecule has 0 aromatic heterocycles. The maximum atomic E-state index is 13.4. The Labute approximate surface area is 176 Å². The molecule has 30 heavy (non-hydrogen) atoms. The Morgan fingerprint density at radius 3 is 2.80 bits per heavy atom. The smallest absolute Gasteiger partial charge is 0.248 e. The zero-order valence-electron chi connectivity index (χ0n) is 17.4. The molecular formula is C23H29N3O4. The van der Waals surface area contributed by atoms with E-state index in [2.05, 4.69) is 18.2 Å². The Kier molecular flexibility index (Phi) is 4.82. The largest absolute Gasteiger partial charge is 0.493 e. The molecule has 7 heteroatoms. The van der Waals surface area contributed by atoms with Gasteiger partial charge in [0.15, 0.2) is 0 Å². The van der Waals surface area contributed by atoms with Gasteiger partial charge in [0.05, 0.1) is 12.5 Å². The summed E-state index contributed by atoms with van der Waals surface area (Å²) in [6.45, 7) is 2.77. The summed E-state index contributed by atoms with van der Waals surface area (Å²) in [5.74, 6) is 0.0128. The second-order valence-electron chi connectivity index (χ2n) is 9.33. The summed E-state index contributed by atoms with van der Waals surface area (Å²) in [5, 5.41) is 9.24. The number of hydroxylamine groups is 1. The van der Waals surface area contributed by atoms with Crippen molar-refractivity contribution in [3.8, 4) is 5.75 Å². The van der Waals surface area contributed by atoms with E-state index in [0.717, 1.165) is 44.6 Å². The fourth-order valence-corrected chi connectivity index (χ4v) is 5.50. The van der Waals surface area contributed by atoms with E-state index >= 15 is 0 Å². The van der Waals surface area contributed by atoms with Crippen molar-refractivity contribution in [1.82, 2.24) is 15.3 Å². The SMILES string of the molecule is CN1CC2(CC2)CC(C(=O)NO)C1C(=O)N1CC=C(c2ccc3c(c2)CCO3)CC1. The minimum absolute atomic E-state index is 0.0146. The van der Waals surface area contributed by atoms with Crippen molar-refractivity contribution in [3.63, 3.8) is 0 Å². The molecule has 160 valence electrons. The number of carbonyl (C=O) groups excluding carboxylic acids is 2. The first-order chi connectivity index (χ1) is 14.5. The number of hydrogen-bond acceptors (Lipinski definition) is 5. The van der Waals surface area contributed by atoms with Gasteiger partial charge >= 0.3 is 0 Å². The number of carbonyl (C=O) groups is 2. The van der Waals surface area contributed by atoms with Gasteiger partial charge in [-0.25, -0.2) is 5.48 Å². The van der Waals surface area contributed by atoms with Gasteiger partial charge in [0, 0.05) is 26.1 Å². The molecule has 1 saturated heterocycles. The lowest BCUT2D eigenvalue weighted by molar-refractivity contribution is -0.150. The molecule has 4 aliphatic rings. The highest BCUT2D eigenvalue weighted by molar-refractivity contribution is 5.90. The molecule has 1 saturated carbocycles. The highest BCUT2D eigenvalue weighted by atomic mass is 16.5. The van der Waals surface area contributed by atoms with E-state index in [1.54, 1.807) is 5.48 Å². The first-order valence-corrected chi connectivity index (χ1v) is 10.9. The number of ether oxygens (including phenoxy) is 1. The van der Waals surface area contributed by atoms with Gasteiger partial charge in [-0.2, -0.15) is 0 Å². The summed E-state index contributed by atoms with van der Waals surface area (Å²) in [5.41, 5.74) is 5.66. The predicted molar refractivity (Wildman–Crippen MR) is 111 cm³/mol. The quantitative estimate of drug-likeness (QED) is 0.586.